The van der Waals surface area contributed by atoms with E-state index in [1.165, 1.54) is 6.07 Å². The largest absolute Gasteiger partial charge is 0.502 e. The SMILES string of the molecule is NC(=O)CC(c1oc(CN2CCOCC2)cc(=O)c1O)c1ccnc2ccccc12. The summed E-state index contributed by atoms with van der Waals surface area (Å²) in [7, 11) is 0. The van der Waals surface area contributed by atoms with Crippen molar-refractivity contribution in [3.8, 4) is 5.75 Å². The fourth-order valence-corrected chi connectivity index (χ4v) is 3.82. The number of aromatic nitrogens is 1. The van der Waals surface area contributed by atoms with Gasteiger partial charge in [0, 0.05) is 37.2 Å². The van der Waals surface area contributed by atoms with Gasteiger partial charge < -0.3 is 20.0 Å². The monoisotopic (exact) mass is 409 g/mol. The molecular weight excluding hydrogens is 386 g/mol. The van der Waals surface area contributed by atoms with Crippen molar-refractivity contribution in [2.24, 2.45) is 5.73 Å². The highest BCUT2D eigenvalue weighted by Gasteiger charge is 2.27. The summed E-state index contributed by atoms with van der Waals surface area (Å²) >= 11 is 0. The van der Waals surface area contributed by atoms with Crippen molar-refractivity contribution in [1.82, 2.24) is 9.88 Å². The lowest BCUT2D eigenvalue weighted by atomic mass is 9.89. The lowest BCUT2D eigenvalue weighted by Crippen LogP contribution is -2.35. The molecule has 1 aliphatic heterocycles. The lowest BCUT2D eigenvalue weighted by molar-refractivity contribution is -0.118. The Bertz CT molecular complexity index is 1120. The maximum Gasteiger partial charge on any atom is 0.227 e. The molecule has 1 amide bonds. The van der Waals surface area contributed by atoms with Gasteiger partial charge in [-0.2, -0.15) is 0 Å². The van der Waals surface area contributed by atoms with Crippen LogP contribution in [-0.4, -0.2) is 47.2 Å². The molecule has 3 N–H and O–H groups in total. The third kappa shape index (κ3) is 4.19. The second-order valence-corrected chi connectivity index (χ2v) is 7.32. The van der Waals surface area contributed by atoms with Crippen LogP contribution in [0.2, 0.25) is 0 Å². The summed E-state index contributed by atoms with van der Waals surface area (Å²) in [6.45, 7) is 3.08. The third-order valence-corrected chi connectivity index (χ3v) is 5.26. The van der Waals surface area contributed by atoms with E-state index in [0.717, 1.165) is 24.0 Å². The van der Waals surface area contributed by atoms with Crippen LogP contribution in [0.4, 0.5) is 0 Å². The van der Waals surface area contributed by atoms with E-state index in [2.05, 4.69) is 9.88 Å². The van der Waals surface area contributed by atoms with Crippen molar-refractivity contribution >= 4 is 16.8 Å². The van der Waals surface area contributed by atoms with Crippen LogP contribution in [0.1, 0.15) is 29.4 Å². The Hall–Kier alpha value is -3.23. The molecule has 1 atom stereocenters. The third-order valence-electron chi connectivity index (χ3n) is 5.26. The van der Waals surface area contributed by atoms with E-state index in [9.17, 15) is 14.7 Å². The van der Waals surface area contributed by atoms with Crippen LogP contribution in [0.15, 0.2) is 51.8 Å². The number of nitrogens with two attached hydrogens (primary N) is 1. The molecule has 1 saturated heterocycles. The molecule has 0 spiro atoms. The summed E-state index contributed by atoms with van der Waals surface area (Å²) in [6, 6.07) is 10.5. The topological polar surface area (TPSA) is 119 Å². The number of hydrogen-bond acceptors (Lipinski definition) is 7. The summed E-state index contributed by atoms with van der Waals surface area (Å²) in [5.74, 6) is -1.33. The molecule has 0 bridgehead atoms. The molecule has 0 aliphatic carbocycles. The molecule has 8 nitrogen and oxygen atoms in total. The number of amides is 1. The first-order valence-electron chi connectivity index (χ1n) is 9.81. The highest BCUT2D eigenvalue weighted by atomic mass is 16.5. The van der Waals surface area contributed by atoms with Gasteiger partial charge in [-0.1, -0.05) is 18.2 Å². The summed E-state index contributed by atoms with van der Waals surface area (Å²) in [5.41, 5.74) is 6.40. The van der Waals surface area contributed by atoms with Crippen molar-refractivity contribution in [3.05, 3.63) is 69.9 Å². The van der Waals surface area contributed by atoms with Gasteiger partial charge in [0.05, 0.1) is 31.2 Å². The summed E-state index contributed by atoms with van der Waals surface area (Å²) in [5, 5.41) is 11.3. The second kappa shape index (κ2) is 8.64. The Labute approximate surface area is 172 Å². The molecule has 30 heavy (non-hydrogen) atoms. The van der Waals surface area contributed by atoms with E-state index >= 15 is 0 Å². The Morgan fingerprint density at radius 2 is 2.00 bits per heavy atom. The van der Waals surface area contributed by atoms with Gasteiger partial charge in [-0.05, 0) is 17.7 Å². The lowest BCUT2D eigenvalue weighted by Gasteiger charge is -2.26. The number of carbonyl (C=O) groups is 1. The second-order valence-electron chi connectivity index (χ2n) is 7.32. The number of para-hydroxylation sites is 1. The molecule has 2 aromatic heterocycles. The van der Waals surface area contributed by atoms with Crippen molar-refractivity contribution in [2.75, 3.05) is 26.3 Å². The van der Waals surface area contributed by atoms with Gasteiger partial charge >= 0.3 is 0 Å². The summed E-state index contributed by atoms with van der Waals surface area (Å²) < 4.78 is 11.4. The van der Waals surface area contributed by atoms with Crippen molar-refractivity contribution in [2.45, 2.75) is 18.9 Å². The fourth-order valence-electron chi connectivity index (χ4n) is 3.82. The molecule has 1 fully saturated rings. The molecule has 0 radical (unpaired) electrons. The predicted molar refractivity (Wildman–Crippen MR) is 110 cm³/mol. The number of nitrogens with zero attached hydrogens (tertiary/aromatic N) is 2. The Balaban J connectivity index is 1.80. The van der Waals surface area contributed by atoms with Gasteiger partial charge in [0.1, 0.15) is 5.76 Å². The molecule has 1 unspecified atom stereocenters. The van der Waals surface area contributed by atoms with Gasteiger partial charge in [0.25, 0.3) is 0 Å². The minimum absolute atomic E-state index is 0.0425. The number of carbonyl (C=O) groups excluding carboxylic acids is 1. The number of ether oxygens (including phenoxy) is 1. The Morgan fingerprint density at radius 1 is 1.23 bits per heavy atom. The summed E-state index contributed by atoms with van der Waals surface area (Å²) in [6.07, 6.45) is 1.50. The average Bonchev–Trinajstić information content (AvgIpc) is 2.75. The smallest absolute Gasteiger partial charge is 0.227 e. The van der Waals surface area contributed by atoms with Crippen molar-refractivity contribution in [3.63, 3.8) is 0 Å². The first-order valence-corrected chi connectivity index (χ1v) is 9.81. The molecule has 1 aliphatic rings. The van der Waals surface area contributed by atoms with Crippen LogP contribution >= 0.6 is 0 Å². The van der Waals surface area contributed by atoms with E-state index in [-0.39, 0.29) is 12.2 Å². The van der Waals surface area contributed by atoms with Crippen molar-refractivity contribution in [1.29, 1.82) is 0 Å². The molecule has 3 aromatic rings. The molecule has 3 heterocycles. The Morgan fingerprint density at radius 3 is 2.77 bits per heavy atom. The zero-order valence-corrected chi connectivity index (χ0v) is 16.4. The fraction of sp³-hybridized carbons (Fsp3) is 0.318. The first kappa shape index (κ1) is 20.1. The highest BCUT2D eigenvalue weighted by Crippen LogP contribution is 2.36. The van der Waals surface area contributed by atoms with E-state index < -0.39 is 23.0 Å². The molecule has 156 valence electrons. The van der Waals surface area contributed by atoms with Gasteiger partial charge in [0.2, 0.25) is 17.1 Å². The zero-order valence-electron chi connectivity index (χ0n) is 16.4. The van der Waals surface area contributed by atoms with Crippen LogP contribution < -0.4 is 11.2 Å². The molecular formula is C22H23N3O5. The number of morpholine rings is 1. The number of hydrogen-bond donors (Lipinski definition) is 2. The number of primary amides is 1. The van der Waals surface area contributed by atoms with E-state index in [1.54, 1.807) is 12.3 Å². The normalized spacial score (nSPS) is 15.9. The van der Waals surface area contributed by atoms with Gasteiger partial charge in [-0.3, -0.25) is 19.5 Å². The van der Waals surface area contributed by atoms with Crippen LogP contribution in [-0.2, 0) is 16.1 Å². The number of fused-ring (bicyclic) bond motifs is 1. The number of benzene rings is 1. The summed E-state index contributed by atoms with van der Waals surface area (Å²) in [4.78, 5) is 30.8. The minimum Gasteiger partial charge on any atom is -0.502 e. The molecule has 1 aromatic carbocycles. The van der Waals surface area contributed by atoms with Crippen molar-refractivity contribution < 1.29 is 19.1 Å². The highest BCUT2D eigenvalue weighted by molar-refractivity contribution is 5.84. The van der Waals surface area contributed by atoms with E-state index in [4.69, 9.17) is 14.9 Å². The minimum atomic E-state index is -0.715. The van der Waals surface area contributed by atoms with Crippen LogP contribution in [0, 0.1) is 0 Å². The van der Waals surface area contributed by atoms with Crippen LogP contribution in [0.25, 0.3) is 10.9 Å². The van der Waals surface area contributed by atoms with E-state index in [0.29, 0.717) is 31.1 Å². The van der Waals surface area contributed by atoms with E-state index in [1.807, 2.05) is 24.3 Å². The Kier molecular flexibility index (Phi) is 5.78. The number of aromatic hydroxyl groups is 1. The first-order chi connectivity index (χ1) is 14.5. The maximum absolute atomic E-state index is 12.5. The van der Waals surface area contributed by atoms with Crippen LogP contribution in [0.3, 0.4) is 0 Å². The van der Waals surface area contributed by atoms with Crippen LogP contribution in [0.5, 0.6) is 5.75 Å². The average molecular weight is 409 g/mol. The zero-order chi connectivity index (χ0) is 21.1. The molecule has 4 rings (SSSR count). The van der Waals surface area contributed by atoms with Gasteiger partial charge in [-0.25, -0.2) is 0 Å². The van der Waals surface area contributed by atoms with Gasteiger partial charge in [0.15, 0.2) is 5.76 Å². The molecule has 8 heteroatoms. The molecule has 0 saturated carbocycles. The predicted octanol–water partition coefficient (Wildman–Crippen LogP) is 1.73. The maximum atomic E-state index is 12.5. The van der Waals surface area contributed by atoms with Gasteiger partial charge in [-0.15, -0.1) is 0 Å². The quantitative estimate of drug-likeness (QED) is 0.636. The standard InChI is InChI=1S/C22H23N3O5/c23-20(27)12-17(15-5-6-24-18-4-2-1-3-16(15)18)22-21(28)19(26)11-14(30-22)13-25-7-9-29-10-8-25/h1-6,11,17,28H,7-10,12-13H2,(H2,23,27). The number of rotatable bonds is 6. The number of pyridine rings is 1.